The van der Waals surface area contributed by atoms with Crippen molar-refractivity contribution in [3.05, 3.63) is 53.5 Å². The van der Waals surface area contributed by atoms with Crippen LogP contribution in [0.3, 0.4) is 0 Å². The van der Waals surface area contributed by atoms with Gasteiger partial charge in [-0.15, -0.1) is 0 Å². The molecule has 2 aromatic rings. The van der Waals surface area contributed by atoms with E-state index in [4.69, 9.17) is 14.4 Å². The molecule has 0 aliphatic rings. The van der Waals surface area contributed by atoms with Crippen LogP contribution in [0.1, 0.15) is 17.1 Å². The second-order valence-corrected chi connectivity index (χ2v) is 4.73. The van der Waals surface area contributed by atoms with E-state index in [-0.39, 0.29) is 0 Å². The zero-order valence-corrected chi connectivity index (χ0v) is 11.8. The minimum atomic E-state index is 0.599. The van der Waals surface area contributed by atoms with Crippen LogP contribution in [0.2, 0.25) is 0 Å². The van der Waals surface area contributed by atoms with Crippen LogP contribution >= 0.6 is 0 Å². The molecular weight excluding hydrogens is 252 g/mol. The summed E-state index contributed by atoms with van der Waals surface area (Å²) < 4.78 is 11.2. The van der Waals surface area contributed by atoms with E-state index in [1.54, 1.807) is 12.1 Å². The molecule has 0 fully saturated rings. The molecule has 0 radical (unpaired) electrons. The maximum Gasteiger partial charge on any atom is 0.119 e. The molecule has 20 heavy (non-hydrogen) atoms. The molecule has 1 aromatic heterocycles. The lowest BCUT2D eigenvalue weighted by Gasteiger charge is -2.15. The highest BCUT2D eigenvalue weighted by atomic mass is 16.5. The van der Waals surface area contributed by atoms with Gasteiger partial charge in [0.25, 0.3) is 0 Å². The van der Waals surface area contributed by atoms with Crippen LogP contribution in [0.25, 0.3) is 0 Å². The number of hydrogen-bond donors (Lipinski definition) is 0. The highest BCUT2D eigenvalue weighted by Crippen LogP contribution is 2.12. The first-order chi connectivity index (χ1) is 9.67. The van der Waals surface area contributed by atoms with Crippen molar-refractivity contribution in [3.63, 3.8) is 0 Å². The van der Waals surface area contributed by atoms with E-state index in [0.717, 1.165) is 30.4 Å². The Morgan fingerprint density at radius 3 is 2.55 bits per heavy atom. The fraction of sp³-hybridized carbons (Fsp3) is 0.312. The maximum atomic E-state index is 8.71. The van der Waals surface area contributed by atoms with Crippen molar-refractivity contribution in [1.29, 1.82) is 5.26 Å². The fourth-order valence-electron chi connectivity index (χ4n) is 1.86. The van der Waals surface area contributed by atoms with E-state index < -0.39 is 0 Å². The molecule has 0 unspecified atom stereocenters. The van der Waals surface area contributed by atoms with Crippen LogP contribution in [0.5, 0.6) is 5.75 Å². The zero-order chi connectivity index (χ0) is 14.4. The summed E-state index contributed by atoms with van der Waals surface area (Å²) in [6, 6.07) is 13.2. The number of ether oxygens (including phenoxy) is 1. The van der Waals surface area contributed by atoms with E-state index in [1.165, 1.54) is 0 Å². The predicted octanol–water partition coefficient (Wildman–Crippen LogP) is 2.97. The summed E-state index contributed by atoms with van der Waals surface area (Å²) in [7, 11) is 2.03. The van der Waals surface area contributed by atoms with Gasteiger partial charge in [-0.2, -0.15) is 5.26 Å². The number of nitrogens with zero attached hydrogens (tertiary/aromatic N) is 2. The number of benzene rings is 1. The van der Waals surface area contributed by atoms with Crippen LogP contribution in [-0.4, -0.2) is 25.1 Å². The average molecular weight is 270 g/mol. The van der Waals surface area contributed by atoms with Crippen molar-refractivity contribution in [2.45, 2.75) is 13.5 Å². The quantitative estimate of drug-likeness (QED) is 0.809. The molecule has 0 N–H and O–H groups in total. The molecule has 2 rings (SSSR count). The molecule has 0 saturated heterocycles. The Morgan fingerprint density at radius 2 is 1.95 bits per heavy atom. The predicted molar refractivity (Wildman–Crippen MR) is 76.4 cm³/mol. The molecule has 0 spiro atoms. The van der Waals surface area contributed by atoms with Crippen LogP contribution < -0.4 is 4.74 Å². The normalized spacial score (nSPS) is 10.5. The van der Waals surface area contributed by atoms with Crippen molar-refractivity contribution >= 4 is 0 Å². The molecule has 0 saturated carbocycles. The number of aryl methyl sites for hydroxylation is 1. The number of likely N-dealkylation sites (N-methyl/N-ethyl adjacent to an activating group) is 1. The number of rotatable bonds is 6. The van der Waals surface area contributed by atoms with Gasteiger partial charge in [-0.3, -0.25) is 4.90 Å². The summed E-state index contributed by atoms with van der Waals surface area (Å²) >= 11 is 0. The molecule has 0 atom stereocenters. The Balaban J connectivity index is 1.73. The SMILES string of the molecule is Cc1ccc(CN(C)CCOc2ccc(C#N)cc2)o1. The first kappa shape index (κ1) is 14.2. The first-order valence-electron chi connectivity index (χ1n) is 6.54. The smallest absolute Gasteiger partial charge is 0.119 e. The summed E-state index contributed by atoms with van der Waals surface area (Å²) in [5.74, 6) is 2.68. The van der Waals surface area contributed by atoms with E-state index >= 15 is 0 Å². The van der Waals surface area contributed by atoms with Crippen molar-refractivity contribution < 1.29 is 9.15 Å². The summed E-state index contributed by atoms with van der Waals surface area (Å²) in [5.41, 5.74) is 0.641. The second kappa shape index (κ2) is 6.78. The van der Waals surface area contributed by atoms with Gasteiger partial charge in [-0.1, -0.05) is 0 Å². The third kappa shape index (κ3) is 4.15. The third-order valence-corrected chi connectivity index (χ3v) is 2.95. The number of hydrogen-bond acceptors (Lipinski definition) is 4. The van der Waals surface area contributed by atoms with E-state index in [0.29, 0.717) is 12.2 Å². The monoisotopic (exact) mass is 270 g/mol. The minimum absolute atomic E-state index is 0.599. The van der Waals surface area contributed by atoms with Gasteiger partial charge in [0.2, 0.25) is 0 Å². The molecule has 1 aromatic carbocycles. The topological polar surface area (TPSA) is 49.4 Å². The maximum absolute atomic E-state index is 8.71. The number of nitriles is 1. The van der Waals surface area contributed by atoms with Gasteiger partial charge in [0.1, 0.15) is 23.9 Å². The largest absolute Gasteiger partial charge is 0.492 e. The summed E-state index contributed by atoms with van der Waals surface area (Å²) in [6.45, 7) is 4.12. The molecule has 4 nitrogen and oxygen atoms in total. The molecule has 104 valence electrons. The molecule has 0 bridgehead atoms. The lowest BCUT2D eigenvalue weighted by Crippen LogP contribution is -2.23. The van der Waals surface area contributed by atoms with E-state index in [9.17, 15) is 0 Å². The zero-order valence-electron chi connectivity index (χ0n) is 11.8. The highest BCUT2D eigenvalue weighted by Gasteiger charge is 2.04. The van der Waals surface area contributed by atoms with Crippen LogP contribution in [-0.2, 0) is 6.54 Å². The Morgan fingerprint density at radius 1 is 1.20 bits per heavy atom. The van der Waals surface area contributed by atoms with E-state index in [1.807, 2.05) is 38.2 Å². The highest BCUT2D eigenvalue weighted by molar-refractivity contribution is 5.34. The van der Waals surface area contributed by atoms with Gasteiger partial charge in [0.05, 0.1) is 18.2 Å². The molecule has 1 heterocycles. The van der Waals surface area contributed by atoms with E-state index in [2.05, 4.69) is 11.0 Å². The number of furan rings is 1. The van der Waals surface area contributed by atoms with Crippen molar-refractivity contribution in [3.8, 4) is 11.8 Å². The summed E-state index contributed by atoms with van der Waals surface area (Å²) in [5, 5.41) is 8.71. The molecule has 0 aliphatic heterocycles. The minimum Gasteiger partial charge on any atom is -0.492 e. The third-order valence-electron chi connectivity index (χ3n) is 2.95. The fourth-order valence-corrected chi connectivity index (χ4v) is 1.86. The van der Waals surface area contributed by atoms with Gasteiger partial charge in [0, 0.05) is 6.54 Å². The van der Waals surface area contributed by atoms with Crippen LogP contribution in [0, 0.1) is 18.3 Å². The van der Waals surface area contributed by atoms with Crippen molar-refractivity contribution in [1.82, 2.24) is 4.90 Å². The summed E-state index contributed by atoms with van der Waals surface area (Å²) in [4.78, 5) is 2.14. The van der Waals surface area contributed by atoms with Gasteiger partial charge >= 0.3 is 0 Å². The van der Waals surface area contributed by atoms with Crippen LogP contribution in [0.15, 0.2) is 40.8 Å². The van der Waals surface area contributed by atoms with Crippen molar-refractivity contribution in [2.75, 3.05) is 20.2 Å². The second-order valence-electron chi connectivity index (χ2n) is 4.73. The van der Waals surface area contributed by atoms with Gasteiger partial charge in [-0.25, -0.2) is 0 Å². The van der Waals surface area contributed by atoms with Crippen LogP contribution in [0.4, 0.5) is 0 Å². The lowest BCUT2D eigenvalue weighted by molar-refractivity contribution is 0.221. The summed E-state index contributed by atoms with van der Waals surface area (Å²) in [6.07, 6.45) is 0. The lowest BCUT2D eigenvalue weighted by atomic mass is 10.2. The Labute approximate surface area is 119 Å². The molecular formula is C16H18N2O2. The molecule has 0 amide bonds. The molecule has 4 heteroatoms. The Hall–Kier alpha value is -2.25. The average Bonchev–Trinajstić information content (AvgIpc) is 2.85. The van der Waals surface area contributed by atoms with Gasteiger partial charge < -0.3 is 9.15 Å². The van der Waals surface area contributed by atoms with Gasteiger partial charge in [-0.05, 0) is 50.4 Å². The Kier molecular flexibility index (Phi) is 4.80. The first-order valence-corrected chi connectivity index (χ1v) is 6.54. The van der Waals surface area contributed by atoms with Crippen molar-refractivity contribution in [2.24, 2.45) is 0 Å². The van der Waals surface area contributed by atoms with Gasteiger partial charge in [0.15, 0.2) is 0 Å². The molecule has 0 aliphatic carbocycles. The Bertz CT molecular complexity index is 581. The standard InChI is InChI=1S/C16H18N2O2/c1-13-3-6-16(20-13)12-18(2)9-10-19-15-7-4-14(11-17)5-8-15/h3-8H,9-10,12H2,1-2H3.